The van der Waals surface area contributed by atoms with Crippen LogP contribution in [-0.4, -0.2) is 26.2 Å². The summed E-state index contributed by atoms with van der Waals surface area (Å²) < 4.78 is 4.98. The number of carbonyl (C=O) groups is 1. The van der Waals surface area contributed by atoms with Gasteiger partial charge in [0.25, 0.3) is 0 Å². The summed E-state index contributed by atoms with van der Waals surface area (Å²) in [5.41, 5.74) is 3.33. The number of carbonyl (C=O) groups excluding carboxylic acids is 1. The van der Waals surface area contributed by atoms with Gasteiger partial charge in [0.2, 0.25) is 5.91 Å². The van der Waals surface area contributed by atoms with E-state index < -0.39 is 0 Å². The lowest BCUT2D eigenvalue weighted by Gasteiger charge is -2.19. The molecule has 0 saturated carbocycles. The van der Waals surface area contributed by atoms with Crippen molar-refractivity contribution in [2.24, 2.45) is 5.92 Å². The molecular weight excluding hydrogens is 264 g/mol. The number of aryl methyl sites for hydroxylation is 1. The summed E-state index contributed by atoms with van der Waals surface area (Å²) in [6, 6.07) is 6.03. The average molecular weight is 285 g/mol. The molecule has 1 amide bonds. The van der Waals surface area contributed by atoms with Crippen LogP contribution in [0.4, 0.5) is 11.4 Å². The SMILES string of the molecule is COCC(C)C(=O)Nc1ccc2c(c1)CCCN2.Cl. The maximum absolute atomic E-state index is 11.9. The fraction of sp³-hybridized carbons (Fsp3) is 0.500. The molecule has 0 spiro atoms. The zero-order chi connectivity index (χ0) is 13.0. The lowest BCUT2D eigenvalue weighted by Crippen LogP contribution is -2.24. The molecule has 0 aliphatic carbocycles. The number of halogens is 1. The predicted molar refractivity (Wildman–Crippen MR) is 80.2 cm³/mol. The minimum absolute atomic E-state index is 0. The van der Waals surface area contributed by atoms with Gasteiger partial charge in [-0.2, -0.15) is 0 Å². The Balaban J connectivity index is 0.00000180. The Morgan fingerprint density at radius 3 is 3.05 bits per heavy atom. The first-order chi connectivity index (χ1) is 8.70. The topological polar surface area (TPSA) is 50.4 Å². The second kappa shape index (κ2) is 7.36. The first kappa shape index (κ1) is 15.8. The summed E-state index contributed by atoms with van der Waals surface area (Å²) >= 11 is 0. The number of methoxy groups -OCH3 is 1. The molecule has 0 aromatic heterocycles. The summed E-state index contributed by atoms with van der Waals surface area (Å²) in [5.74, 6) is -0.135. The Bertz CT molecular complexity index is 437. The molecule has 1 aliphatic rings. The van der Waals surface area contributed by atoms with Crippen LogP contribution in [0.5, 0.6) is 0 Å². The van der Waals surface area contributed by atoms with Gasteiger partial charge in [0.1, 0.15) is 0 Å². The number of amides is 1. The van der Waals surface area contributed by atoms with Gasteiger partial charge in [-0.25, -0.2) is 0 Å². The van der Waals surface area contributed by atoms with Gasteiger partial charge in [0.05, 0.1) is 12.5 Å². The van der Waals surface area contributed by atoms with E-state index in [0.29, 0.717) is 6.61 Å². The molecule has 1 atom stereocenters. The van der Waals surface area contributed by atoms with Crippen molar-refractivity contribution in [3.8, 4) is 0 Å². The minimum atomic E-state index is -0.135. The van der Waals surface area contributed by atoms with Gasteiger partial charge in [-0.1, -0.05) is 6.92 Å². The molecule has 5 heteroatoms. The van der Waals surface area contributed by atoms with Crippen molar-refractivity contribution < 1.29 is 9.53 Å². The largest absolute Gasteiger partial charge is 0.385 e. The van der Waals surface area contributed by atoms with Crippen LogP contribution in [0.1, 0.15) is 18.9 Å². The van der Waals surface area contributed by atoms with Crippen LogP contribution in [-0.2, 0) is 16.0 Å². The van der Waals surface area contributed by atoms with E-state index in [0.717, 1.165) is 25.1 Å². The predicted octanol–water partition coefficient (Wildman–Crippen LogP) is 2.69. The van der Waals surface area contributed by atoms with E-state index >= 15 is 0 Å². The summed E-state index contributed by atoms with van der Waals surface area (Å²) in [6.45, 7) is 3.33. The minimum Gasteiger partial charge on any atom is -0.385 e. The molecule has 0 radical (unpaired) electrons. The Morgan fingerprint density at radius 2 is 2.32 bits per heavy atom. The van der Waals surface area contributed by atoms with E-state index in [2.05, 4.69) is 16.7 Å². The lowest BCUT2D eigenvalue weighted by atomic mass is 10.0. The standard InChI is InChI=1S/C14H20N2O2.ClH/c1-10(9-18-2)14(17)16-12-5-6-13-11(8-12)4-3-7-15-13;/h5-6,8,10,15H,3-4,7,9H2,1-2H3,(H,16,17);1H. The van der Waals surface area contributed by atoms with E-state index in [1.807, 2.05) is 19.1 Å². The Labute approximate surface area is 120 Å². The highest BCUT2D eigenvalue weighted by atomic mass is 35.5. The Hall–Kier alpha value is -1.26. The molecule has 2 N–H and O–H groups in total. The molecule has 106 valence electrons. The number of fused-ring (bicyclic) bond motifs is 1. The fourth-order valence-corrected chi connectivity index (χ4v) is 2.14. The van der Waals surface area contributed by atoms with E-state index in [1.54, 1.807) is 7.11 Å². The summed E-state index contributed by atoms with van der Waals surface area (Å²) in [6.07, 6.45) is 2.21. The van der Waals surface area contributed by atoms with Gasteiger partial charge >= 0.3 is 0 Å². The van der Waals surface area contributed by atoms with Gasteiger partial charge in [0, 0.05) is 25.0 Å². The molecule has 1 heterocycles. The molecule has 0 saturated heterocycles. The lowest BCUT2D eigenvalue weighted by molar-refractivity contribution is -0.120. The number of hydrogen-bond acceptors (Lipinski definition) is 3. The van der Waals surface area contributed by atoms with Gasteiger partial charge in [-0.3, -0.25) is 4.79 Å². The van der Waals surface area contributed by atoms with Crippen LogP contribution >= 0.6 is 12.4 Å². The van der Waals surface area contributed by atoms with Crippen LogP contribution < -0.4 is 10.6 Å². The summed E-state index contributed by atoms with van der Waals surface area (Å²) in [5, 5.41) is 6.28. The van der Waals surface area contributed by atoms with Crippen LogP contribution in [0.15, 0.2) is 18.2 Å². The van der Waals surface area contributed by atoms with Crippen LogP contribution in [0.2, 0.25) is 0 Å². The first-order valence-electron chi connectivity index (χ1n) is 6.37. The number of ether oxygens (including phenoxy) is 1. The van der Waals surface area contributed by atoms with E-state index in [9.17, 15) is 4.79 Å². The second-order valence-electron chi connectivity index (χ2n) is 4.75. The van der Waals surface area contributed by atoms with Crippen molar-refractivity contribution in [1.82, 2.24) is 0 Å². The third-order valence-electron chi connectivity index (χ3n) is 3.18. The number of hydrogen-bond donors (Lipinski definition) is 2. The molecule has 1 aromatic carbocycles. The van der Waals surface area contributed by atoms with Crippen molar-refractivity contribution in [2.75, 3.05) is 30.9 Å². The van der Waals surface area contributed by atoms with E-state index in [-0.39, 0.29) is 24.2 Å². The second-order valence-corrected chi connectivity index (χ2v) is 4.75. The van der Waals surface area contributed by atoms with Crippen molar-refractivity contribution >= 4 is 29.7 Å². The smallest absolute Gasteiger partial charge is 0.229 e. The monoisotopic (exact) mass is 284 g/mol. The van der Waals surface area contributed by atoms with Gasteiger partial charge < -0.3 is 15.4 Å². The molecule has 1 aliphatic heterocycles. The summed E-state index contributed by atoms with van der Waals surface area (Å²) in [7, 11) is 1.61. The molecule has 2 rings (SSSR count). The number of anilines is 2. The van der Waals surface area contributed by atoms with Crippen molar-refractivity contribution in [3.05, 3.63) is 23.8 Å². The third kappa shape index (κ3) is 4.11. The van der Waals surface area contributed by atoms with E-state index in [1.165, 1.54) is 11.3 Å². The highest BCUT2D eigenvalue weighted by Gasteiger charge is 2.14. The molecule has 1 unspecified atom stereocenters. The molecular formula is C14H21ClN2O2. The highest BCUT2D eigenvalue weighted by Crippen LogP contribution is 2.25. The Morgan fingerprint density at radius 1 is 1.53 bits per heavy atom. The average Bonchev–Trinajstić information content (AvgIpc) is 2.39. The highest BCUT2D eigenvalue weighted by molar-refractivity contribution is 5.92. The van der Waals surface area contributed by atoms with Crippen LogP contribution in [0.25, 0.3) is 0 Å². The molecule has 1 aromatic rings. The van der Waals surface area contributed by atoms with Crippen LogP contribution in [0, 0.1) is 5.92 Å². The fourth-order valence-electron chi connectivity index (χ4n) is 2.14. The van der Waals surface area contributed by atoms with Crippen molar-refractivity contribution in [1.29, 1.82) is 0 Å². The molecule has 0 fully saturated rings. The maximum atomic E-state index is 11.9. The number of benzene rings is 1. The van der Waals surface area contributed by atoms with Crippen LogP contribution in [0.3, 0.4) is 0 Å². The van der Waals surface area contributed by atoms with Gasteiger partial charge in [-0.05, 0) is 36.6 Å². The zero-order valence-electron chi connectivity index (χ0n) is 11.4. The van der Waals surface area contributed by atoms with Crippen molar-refractivity contribution in [3.63, 3.8) is 0 Å². The maximum Gasteiger partial charge on any atom is 0.229 e. The summed E-state index contributed by atoms with van der Waals surface area (Å²) in [4.78, 5) is 11.9. The first-order valence-corrected chi connectivity index (χ1v) is 6.37. The normalized spacial score (nSPS) is 14.6. The van der Waals surface area contributed by atoms with E-state index in [4.69, 9.17) is 4.74 Å². The Kier molecular flexibility index (Phi) is 6.12. The van der Waals surface area contributed by atoms with Crippen molar-refractivity contribution in [2.45, 2.75) is 19.8 Å². The number of nitrogens with one attached hydrogen (secondary N) is 2. The quantitative estimate of drug-likeness (QED) is 0.894. The molecule has 19 heavy (non-hydrogen) atoms. The van der Waals surface area contributed by atoms with Gasteiger partial charge in [-0.15, -0.1) is 12.4 Å². The third-order valence-corrected chi connectivity index (χ3v) is 3.18. The number of rotatable bonds is 4. The molecule has 4 nitrogen and oxygen atoms in total. The van der Waals surface area contributed by atoms with Gasteiger partial charge in [0.15, 0.2) is 0 Å². The molecule has 0 bridgehead atoms. The zero-order valence-corrected chi connectivity index (χ0v) is 12.2.